The summed E-state index contributed by atoms with van der Waals surface area (Å²) in [4.78, 5) is 43.8. The van der Waals surface area contributed by atoms with Crippen LogP contribution in [-0.2, 0) is 37.8 Å². The first-order chi connectivity index (χ1) is 22.8. The summed E-state index contributed by atoms with van der Waals surface area (Å²) in [6.07, 6.45) is -2.23. The van der Waals surface area contributed by atoms with Crippen molar-refractivity contribution < 1.29 is 38.2 Å². The molecule has 5 rings (SSSR count). The van der Waals surface area contributed by atoms with Gasteiger partial charge in [-0.05, 0) is 61.5 Å². The van der Waals surface area contributed by atoms with E-state index in [1.165, 1.54) is 14.0 Å². The van der Waals surface area contributed by atoms with Crippen LogP contribution in [0.2, 0.25) is 18.6 Å². The molecule has 3 N–H and O–H groups in total. The van der Waals surface area contributed by atoms with E-state index in [9.17, 15) is 24.6 Å². The number of halogens is 1. The lowest BCUT2D eigenvalue weighted by molar-refractivity contribution is -0.150. The summed E-state index contributed by atoms with van der Waals surface area (Å²) in [7, 11) is -2.02. The van der Waals surface area contributed by atoms with E-state index in [-0.39, 0.29) is 44.5 Å². The molecule has 0 aromatic heterocycles. The van der Waals surface area contributed by atoms with Gasteiger partial charge in [-0.1, -0.05) is 49.4 Å². The topological polar surface area (TPSA) is 129 Å². The molecule has 0 bridgehead atoms. The van der Waals surface area contributed by atoms with Gasteiger partial charge in [0.25, 0.3) is 11.8 Å². The highest BCUT2D eigenvalue weighted by Crippen LogP contribution is 2.60. The van der Waals surface area contributed by atoms with E-state index >= 15 is 4.11 Å². The van der Waals surface area contributed by atoms with Crippen LogP contribution in [-0.4, -0.2) is 73.7 Å². The number of aliphatic hydroxyl groups is 2. The van der Waals surface area contributed by atoms with Gasteiger partial charge in [0, 0.05) is 35.8 Å². The van der Waals surface area contributed by atoms with Crippen molar-refractivity contribution in [1.82, 2.24) is 4.90 Å². The third-order valence-corrected chi connectivity index (χ3v) is 11.9. The van der Waals surface area contributed by atoms with Gasteiger partial charge in [-0.3, -0.25) is 14.4 Å². The Kier molecular flexibility index (Phi) is 10.4. The number of methoxy groups -OCH3 is 1. The van der Waals surface area contributed by atoms with E-state index in [0.717, 1.165) is 5.56 Å². The standard InChI is InChI=1S/C36H44FN3O7Si/c1-23-33(48(4,5)37)31(20-32(43)39(16-17-41)21-25-10-7-6-8-11-25)47-36(23)29-19-28(46-3)14-15-30(29)40(35(36)45)22-26-12-9-13-27(18-26)38-34(44)24(2)42/h6-15,18-19,23-24,31,33,41-42H,16-17,20-22H2,1-5H3,(H,38,44)/t23-,24-,31+,33-,36+/m0/s1. The number of nitrogens with one attached hydrogen (secondary N) is 1. The quantitative estimate of drug-likeness (QED) is 0.187. The lowest BCUT2D eigenvalue weighted by atomic mass is 9.82. The first-order valence-corrected chi connectivity index (χ1v) is 19.1. The highest BCUT2D eigenvalue weighted by Gasteiger charge is 2.67. The van der Waals surface area contributed by atoms with Crippen LogP contribution in [0.5, 0.6) is 5.75 Å². The average molecular weight is 678 g/mol. The second-order valence-electron chi connectivity index (χ2n) is 13.1. The highest BCUT2D eigenvalue weighted by atomic mass is 28.4. The molecule has 2 heterocycles. The number of carbonyl (C=O) groups is 3. The Bertz CT molecular complexity index is 1650. The molecule has 3 aromatic carbocycles. The number of carbonyl (C=O) groups excluding carboxylic acids is 3. The van der Waals surface area contributed by atoms with Gasteiger partial charge >= 0.3 is 0 Å². The van der Waals surface area contributed by atoms with Gasteiger partial charge in [0.05, 0.1) is 38.5 Å². The molecule has 1 saturated heterocycles. The van der Waals surface area contributed by atoms with Crippen molar-refractivity contribution >= 4 is 37.5 Å². The van der Waals surface area contributed by atoms with E-state index < -0.39 is 43.6 Å². The second kappa shape index (κ2) is 14.2. The maximum absolute atomic E-state index is 16.4. The smallest absolute Gasteiger partial charge is 0.264 e. The van der Waals surface area contributed by atoms with Crippen LogP contribution < -0.4 is 15.0 Å². The molecule has 0 unspecified atom stereocenters. The Balaban J connectivity index is 1.50. The van der Waals surface area contributed by atoms with Crippen molar-refractivity contribution in [3.05, 3.63) is 89.5 Å². The average Bonchev–Trinajstić information content (AvgIpc) is 3.47. The Labute approximate surface area is 281 Å². The molecule has 12 heteroatoms. The van der Waals surface area contributed by atoms with Crippen molar-refractivity contribution in [1.29, 1.82) is 0 Å². The molecular weight excluding hydrogens is 633 g/mol. The Morgan fingerprint density at radius 3 is 2.46 bits per heavy atom. The molecule has 1 fully saturated rings. The minimum absolute atomic E-state index is 0.103. The van der Waals surface area contributed by atoms with E-state index in [1.54, 1.807) is 59.3 Å². The molecule has 3 amide bonds. The molecule has 0 aliphatic carbocycles. The third-order valence-electron chi connectivity index (χ3n) is 9.40. The molecule has 0 saturated carbocycles. The molecule has 3 aromatic rings. The van der Waals surface area contributed by atoms with E-state index in [1.807, 2.05) is 43.3 Å². The van der Waals surface area contributed by atoms with Crippen LogP contribution in [0.25, 0.3) is 0 Å². The zero-order valence-corrected chi connectivity index (χ0v) is 29.0. The molecule has 48 heavy (non-hydrogen) atoms. The fourth-order valence-electron chi connectivity index (χ4n) is 7.20. The van der Waals surface area contributed by atoms with Crippen LogP contribution in [0.15, 0.2) is 72.8 Å². The summed E-state index contributed by atoms with van der Waals surface area (Å²) in [5.41, 5.74) is 0.928. The fourth-order valence-corrected chi connectivity index (χ4v) is 9.70. The van der Waals surface area contributed by atoms with Crippen LogP contribution in [0.1, 0.15) is 37.0 Å². The summed E-state index contributed by atoms with van der Waals surface area (Å²) in [5, 5.41) is 22.1. The van der Waals surface area contributed by atoms with Crippen molar-refractivity contribution in [2.24, 2.45) is 5.92 Å². The predicted molar refractivity (Wildman–Crippen MR) is 183 cm³/mol. The number of fused-ring (bicyclic) bond motifs is 2. The third kappa shape index (κ3) is 6.88. The van der Waals surface area contributed by atoms with Crippen LogP contribution >= 0.6 is 0 Å². The van der Waals surface area contributed by atoms with Gasteiger partial charge in [-0.2, -0.15) is 0 Å². The van der Waals surface area contributed by atoms with E-state index in [4.69, 9.17) is 9.47 Å². The van der Waals surface area contributed by atoms with Gasteiger partial charge in [0.2, 0.25) is 14.3 Å². The fraction of sp³-hybridized carbons (Fsp3) is 0.417. The van der Waals surface area contributed by atoms with Gasteiger partial charge in [-0.15, -0.1) is 0 Å². The van der Waals surface area contributed by atoms with Crippen LogP contribution in [0, 0.1) is 5.92 Å². The summed E-state index contributed by atoms with van der Waals surface area (Å²) in [5.74, 6) is -1.34. The minimum Gasteiger partial charge on any atom is -0.497 e. The van der Waals surface area contributed by atoms with Gasteiger partial charge in [0.1, 0.15) is 11.9 Å². The summed E-state index contributed by atoms with van der Waals surface area (Å²) in [6.45, 7) is 6.64. The molecule has 256 valence electrons. The number of nitrogens with zero attached hydrogens (tertiary/aromatic N) is 2. The Hall–Kier alpha value is -4.10. The number of benzene rings is 3. The van der Waals surface area contributed by atoms with Crippen LogP contribution in [0.4, 0.5) is 15.5 Å². The number of hydrogen-bond donors (Lipinski definition) is 3. The Morgan fingerprint density at radius 1 is 1.10 bits per heavy atom. The van der Waals surface area contributed by atoms with Crippen molar-refractivity contribution in [3.8, 4) is 5.75 Å². The molecule has 1 spiro atoms. The summed E-state index contributed by atoms with van der Waals surface area (Å²) < 4.78 is 28.7. The first-order valence-electron chi connectivity index (χ1n) is 16.2. The van der Waals surface area contributed by atoms with Gasteiger partial charge in [-0.25, -0.2) is 0 Å². The van der Waals surface area contributed by atoms with E-state index in [2.05, 4.69) is 5.32 Å². The SMILES string of the molecule is COc1ccc2c(c1)[C@@]1(O[C@H](CC(=O)N(CCO)Cc3ccccc3)[C@@H]([Si](C)(C)F)[C@@H]1C)C(=O)N2Cc1cccc(NC(=O)[C@H](C)O)c1. The number of amides is 3. The van der Waals surface area contributed by atoms with E-state index in [0.29, 0.717) is 28.3 Å². The maximum Gasteiger partial charge on any atom is 0.264 e. The molecule has 0 radical (unpaired) electrons. The Morgan fingerprint density at radius 2 is 1.81 bits per heavy atom. The maximum atomic E-state index is 16.4. The zero-order valence-electron chi connectivity index (χ0n) is 28.0. The number of ether oxygens (including phenoxy) is 2. The lowest BCUT2D eigenvalue weighted by Gasteiger charge is -2.31. The largest absolute Gasteiger partial charge is 0.497 e. The summed E-state index contributed by atoms with van der Waals surface area (Å²) >= 11 is 0. The molecule has 5 atom stereocenters. The van der Waals surface area contributed by atoms with Crippen molar-refractivity contribution in [2.75, 3.05) is 30.5 Å². The number of anilines is 2. The van der Waals surface area contributed by atoms with Crippen LogP contribution in [0.3, 0.4) is 0 Å². The molecule has 2 aliphatic heterocycles. The minimum atomic E-state index is -3.55. The number of hydrogen-bond acceptors (Lipinski definition) is 7. The lowest BCUT2D eigenvalue weighted by Crippen LogP contribution is -2.45. The van der Waals surface area contributed by atoms with Gasteiger partial charge < -0.3 is 38.9 Å². The summed E-state index contributed by atoms with van der Waals surface area (Å²) in [6, 6.07) is 21.7. The molecule has 10 nitrogen and oxygen atoms in total. The second-order valence-corrected chi connectivity index (χ2v) is 16.9. The molecular formula is C36H44FN3O7Si. The predicted octanol–water partition coefficient (Wildman–Crippen LogP) is 4.75. The zero-order chi connectivity index (χ0) is 34.8. The monoisotopic (exact) mass is 677 g/mol. The highest BCUT2D eigenvalue weighted by molar-refractivity contribution is 6.72. The van der Waals surface area contributed by atoms with Gasteiger partial charge in [0.15, 0.2) is 5.60 Å². The normalized spacial score (nSPS) is 22.5. The number of rotatable bonds is 12. The van der Waals surface area contributed by atoms with Crippen molar-refractivity contribution in [3.63, 3.8) is 0 Å². The van der Waals surface area contributed by atoms with Crippen molar-refractivity contribution in [2.45, 2.75) is 69.8 Å². The first kappa shape index (κ1) is 35.2. The molecule has 2 aliphatic rings. The number of aliphatic hydroxyl groups excluding tert-OH is 2.